The second-order valence-electron chi connectivity index (χ2n) is 5.50. The first-order valence-electron chi connectivity index (χ1n) is 7.14. The Bertz CT molecular complexity index is 360. The molecule has 3 atom stereocenters. The second-order valence-corrected chi connectivity index (χ2v) is 5.50. The number of hydrogen-bond donors (Lipinski definition) is 1. The molecular weight excluding hydrogens is 222 g/mol. The average Bonchev–Trinajstić information content (AvgIpc) is 2.46. The molecule has 1 aromatic rings. The minimum absolute atomic E-state index is 0.185. The molecule has 1 saturated carbocycles. The second kappa shape index (κ2) is 6.24. The molecule has 0 saturated heterocycles. The Morgan fingerprint density at radius 3 is 2.61 bits per heavy atom. The van der Waals surface area contributed by atoms with Crippen molar-refractivity contribution in [3.8, 4) is 5.75 Å². The molecule has 2 N–H and O–H groups in total. The summed E-state index contributed by atoms with van der Waals surface area (Å²) in [5.74, 6) is 2.44. The highest BCUT2D eigenvalue weighted by Gasteiger charge is 2.26. The molecule has 1 aliphatic rings. The molecule has 2 heteroatoms. The zero-order valence-corrected chi connectivity index (χ0v) is 11.6. The number of nitrogens with two attached hydrogens (primary N) is 1. The summed E-state index contributed by atoms with van der Waals surface area (Å²) in [5.41, 5.74) is 7.69. The number of rotatable bonds is 4. The molecule has 1 aliphatic carbocycles. The van der Waals surface area contributed by atoms with E-state index >= 15 is 0 Å². The normalized spacial score (nSPS) is 25.7. The van der Waals surface area contributed by atoms with Crippen LogP contribution in [0.5, 0.6) is 5.75 Å². The Kier molecular flexibility index (Phi) is 4.65. The van der Waals surface area contributed by atoms with Gasteiger partial charge in [0.25, 0.3) is 0 Å². The van der Waals surface area contributed by atoms with E-state index in [1.165, 1.54) is 37.7 Å². The molecule has 2 nitrogen and oxygen atoms in total. The standard InChI is InChI=1S/C16H25NO/c1-3-12-5-4-6-14(11-12)16(17)13-7-9-15(18-2)10-8-13/h7-10,12,14,16H,3-6,11,17H2,1-2H3. The van der Waals surface area contributed by atoms with Crippen molar-refractivity contribution >= 4 is 0 Å². The molecule has 2 rings (SSSR count). The summed E-state index contributed by atoms with van der Waals surface area (Å²) in [6, 6.07) is 8.42. The molecule has 0 aromatic heterocycles. The summed E-state index contributed by atoms with van der Waals surface area (Å²) in [6.07, 6.45) is 6.61. The zero-order valence-electron chi connectivity index (χ0n) is 11.6. The molecule has 100 valence electrons. The van der Waals surface area contributed by atoms with E-state index in [1.54, 1.807) is 7.11 Å². The molecule has 3 unspecified atom stereocenters. The third-order valence-corrected chi connectivity index (χ3v) is 4.41. The summed E-state index contributed by atoms with van der Waals surface area (Å²) < 4.78 is 5.19. The molecule has 18 heavy (non-hydrogen) atoms. The van der Waals surface area contributed by atoms with Gasteiger partial charge in [-0.05, 0) is 42.4 Å². The van der Waals surface area contributed by atoms with Crippen molar-refractivity contribution in [2.24, 2.45) is 17.6 Å². The predicted molar refractivity (Wildman–Crippen MR) is 75.7 cm³/mol. The monoisotopic (exact) mass is 247 g/mol. The number of methoxy groups -OCH3 is 1. The third kappa shape index (κ3) is 3.05. The van der Waals surface area contributed by atoms with E-state index in [0.717, 1.165) is 11.7 Å². The van der Waals surface area contributed by atoms with E-state index in [1.807, 2.05) is 12.1 Å². The van der Waals surface area contributed by atoms with E-state index in [-0.39, 0.29) is 6.04 Å². The lowest BCUT2D eigenvalue weighted by Gasteiger charge is -2.32. The summed E-state index contributed by atoms with van der Waals surface area (Å²) in [4.78, 5) is 0. The molecule has 0 spiro atoms. The van der Waals surface area contributed by atoms with Crippen LogP contribution in [0.3, 0.4) is 0 Å². The van der Waals surface area contributed by atoms with E-state index in [2.05, 4.69) is 19.1 Å². The van der Waals surface area contributed by atoms with Crippen LogP contribution >= 0.6 is 0 Å². The summed E-state index contributed by atoms with van der Waals surface area (Å²) >= 11 is 0. The van der Waals surface area contributed by atoms with E-state index < -0.39 is 0 Å². The number of ether oxygens (including phenoxy) is 1. The fourth-order valence-electron chi connectivity index (χ4n) is 3.13. The van der Waals surface area contributed by atoms with Crippen LogP contribution in [-0.2, 0) is 0 Å². The van der Waals surface area contributed by atoms with Gasteiger partial charge < -0.3 is 10.5 Å². The average molecular weight is 247 g/mol. The molecule has 1 fully saturated rings. The Morgan fingerprint density at radius 1 is 1.28 bits per heavy atom. The van der Waals surface area contributed by atoms with Crippen LogP contribution < -0.4 is 10.5 Å². The lowest BCUT2D eigenvalue weighted by atomic mass is 9.75. The Hall–Kier alpha value is -1.02. The van der Waals surface area contributed by atoms with Crippen molar-refractivity contribution < 1.29 is 4.74 Å². The van der Waals surface area contributed by atoms with E-state index in [4.69, 9.17) is 10.5 Å². The molecular formula is C16H25NO. The highest BCUT2D eigenvalue weighted by molar-refractivity contribution is 5.29. The van der Waals surface area contributed by atoms with Gasteiger partial charge in [0.2, 0.25) is 0 Å². The Balaban J connectivity index is 2.02. The van der Waals surface area contributed by atoms with Gasteiger partial charge in [0.05, 0.1) is 7.11 Å². The highest BCUT2D eigenvalue weighted by Crippen LogP contribution is 2.37. The maximum Gasteiger partial charge on any atom is 0.118 e. The molecule has 0 aliphatic heterocycles. The van der Waals surface area contributed by atoms with Crippen molar-refractivity contribution in [3.05, 3.63) is 29.8 Å². The SMILES string of the molecule is CCC1CCCC(C(N)c2ccc(OC)cc2)C1. The fourth-order valence-corrected chi connectivity index (χ4v) is 3.13. The zero-order chi connectivity index (χ0) is 13.0. The highest BCUT2D eigenvalue weighted by atomic mass is 16.5. The van der Waals surface area contributed by atoms with Crippen LogP contribution in [0.1, 0.15) is 50.6 Å². The van der Waals surface area contributed by atoms with Crippen LogP contribution in [0.25, 0.3) is 0 Å². The smallest absolute Gasteiger partial charge is 0.118 e. The Morgan fingerprint density at radius 2 is 2.00 bits per heavy atom. The topological polar surface area (TPSA) is 35.2 Å². The van der Waals surface area contributed by atoms with Crippen LogP contribution in [0.15, 0.2) is 24.3 Å². The Labute approximate surface area is 111 Å². The van der Waals surface area contributed by atoms with Gasteiger partial charge in [-0.15, -0.1) is 0 Å². The molecule has 0 amide bonds. The van der Waals surface area contributed by atoms with Gasteiger partial charge in [-0.3, -0.25) is 0 Å². The summed E-state index contributed by atoms with van der Waals surface area (Å²) in [6.45, 7) is 2.30. The van der Waals surface area contributed by atoms with E-state index in [0.29, 0.717) is 5.92 Å². The summed E-state index contributed by atoms with van der Waals surface area (Å²) in [7, 11) is 1.70. The molecule has 1 aromatic carbocycles. The maximum absolute atomic E-state index is 6.44. The van der Waals surface area contributed by atoms with Crippen LogP contribution in [0, 0.1) is 11.8 Å². The van der Waals surface area contributed by atoms with Gasteiger partial charge in [0.15, 0.2) is 0 Å². The van der Waals surface area contributed by atoms with Crippen LogP contribution in [0.4, 0.5) is 0 Å². The van der Waals surface area contributed by atoms with Crippen molar-refractivity contribution in [1.29, 1.82) is 0 Å². The lowest BCUT2D eigenvalue weighted by Crippen LogP contribution is -2.26. The molecule has 0 bridgehead atoms. The molecule has 0 radical (unpaired) electrons. The van der Waals surface area contributed by atoms with Crippen molar-refractivity contribution in [3.63, 3.8) is 0 Å². The van der Waals surface area contributed by atoms with E-state index in [9.17, 15) is 0 Å². The van der Waals surface area contributed by atoms with Crippen molar-refractivity contribution in [2.45, 2.75) is 45.1 Å². The number of benzene rings is 1. The first-order valence-corrected chi connectivity index (χ1v) is 7.14. The van der Waals surface area contributed by atoms with Gasteiger partial charge in [0, 0.05) is 6.04 Å². The van der Waals surface area contributed by atoms with Crippen LogP contribution in [-0.4, -0.2) is 7.11 Å². The minimum Gasteiger partial charge on any atom is -0.497 e. The first kappa shape index (κ1) is 13.4. The predicted octanol–water partition coefficient (Wildman–Crippen LogP) is 3.91. The number of hydrogen-bond acceptors (Lipinski definition) is 2. The quantitative estimate of drug-likeness (QED) is 0.875. The van der Waals surface area contributed by atoms with Gasteiger partial charge >= 0.3 is 0 Å². The van der Waals surface area contributed by atoms with Gasteiger partial charge in [0.1, 0.15) is 5.75 Å². The van der Waals surface area contributed by atoms with Crippen LogP contribution in [0.2, 0.25) is 0 Å². The fraction of sp³-hybridized carbons (Fsp3) is 0.625. The van der Waals surface area contributed by atoms with Gasteiger partial charge in [-0.1, -0.05) is 38.3 Å². The third-order valence-electron chi connectivity index (χ3n) is 4.41. The largest absolute Gasteiger partial charge is 0.497 e. The van der Waals surface area contributed by atoms with Crippen molar-refractivity contribution in [2.75, 3.05) is 7.11 Å². The van der Waals surface area contributed by atoms with Gasteiger partial charge in [-0.2, -0.15) is 0 Å². The first-order chi connectivity index (χ1) is 8.74. The van der Waals surface area contributed by atoms with Crippen molar-refractivity contribution in [1.82, 2.24) is 0 Å². The van der Waals surface area contributed by atoms with Gasteiger partial charge in [-0.25, -0.2) is 0 Å². The lowest BCUT2D eigenvalue weighted by molar-refractivity contribution is 0.230. The maximum atomic E-state index is 6.44. The molecule has 0 heterocycles. The summed E-state index contributed by atoms with van der Waals surface area (Å²) in [5, 5.41) is 0. The minimum atomic E-state index is 0.185.